The molecule has 3 heterocycles. The van der Waals surface area contributed by atoms with E-state index >= 15 is 0 Å². The van der Waals surface area contributed by atoms with Crippen molar-refractivity contribution in [3.8, 4) is 5.75 Å². The third-order valence-electron chi connectivity index (χ3n) is 6.51. The molecule has 7 nitrogen and oxygen atoms in total. The molecule has 168 valence electrons. The van der Waals surface area contributed by atoms with Gasteiger partial charge in [-0.1, -0.05) is 18.2 Å². The molecule has 4 aromatic rings. The Bertz CT molecular complexity index is 1540. The lowest BCUT2D eigenvalue weighted by Gasteiger charge is -2.24. The van der Waals surface area contributed by atoms with Gasteiger partial charge in [0.2, 0.25) is 0 Å². The lowest BCUT2D eigenvalue weighted by molar-refractivity contribution is -0.140. The van der Waals surface area contributed by atoms with Crippen LogP contribution in [0.2, 0.25) is 0 Å². The molecule has 1 aliphatic rings. The van der Waals surface area contributed by atoms with E-state index in [9.17, 15) is 19.5 Å². The first-order valence-electron chi connectivity index (χ1n) is 10.9. The molecule has 0 bridgehead atoms. The maximum Gasteiger partial charge on any atom is 0.336 e. The number of aromatic nitrogens is 1. The summed E-state index contributed by atoms with van der Waals surface area (Å²) in [7, 11) is 1.27. The molecule has 0 saturated heterocycles. The van der Waals surface area contributed by atoms with Crippen LogP contribution in [0.15, 0.2) is 56.5 Å². The number of carbonyl (C=O) groups is 1. The number of esters is 1. The second-order valence-electron chi connectivity index (χ2n) is 8.47. The van der Waals surface area contributed by atoms with E-state index in [-0.39, 0.29) is 28.9 Å². The summed E-state index contributed by atoms with van der Waals surface area (Å²) in [6.45, 7) is 2.34. The number of pyridine rings is 1. The summed E-state index contributed by atoms with van der Waals surface area (Å²) in [6.07, 6.45) is 1.54. The number of hydrogen-bond acceptors (Lipinski definition) is 6. The fourth-order valence-electron chi connectivity index (χ4n) is 4.98. The summed E-state index contributed by atoms with van der Waals surface area (Å²) in [5.41, 5.74) is 2.64. The standard InChI is InChI=1S/C26H23NO6/c1-14-11-22(30)33-25-17(14)8-9-20(28)23(25)18(13-21(29)32-2)19-12-16-6-3-5-15-7-4-10-27(24(15)16)26(19)31/h3,5-6,8-9,11-12,18,28H,4,7,10,13H2,1-2H3/t18-/m0/s1. The third-order valence-corrected chi connectivity index (χ3v) is 6.51. The van der Waals surface area contributed by atoms with Gasteiger partial charge in [-0.25, -0.2) is 4.79 Å². The Morgan fingerprint density at radius 1 is 1.21 bits per heavy atom. The zero-order valence-corrected chi connectivity index (χ0v) is 18.4. The topological polar surface area (TPSA) is 98.7 Å². The molecule has 33 heavy (non-hydrogen) atoms. The lowest BCUT2D eigenvalue weighted by Crippen LogP contribution is -2.29. The van der Waals surface area contributed by atoms with E-state index < -0.39 is 17.5 Å². The summed E-state index contributed by atoms with van der Waals surface area (Å²) in [4.78, 5) is 38.3. The molecule has 1 N–H and O–H groups in total. The van der Waals surface area contributed by atoms with Crippen molar-refractivity contribution in [2.24, 2.45) is 0 Å². The van der Waals surface area contributed by atoms with Crippen LogP contribution in [0.25, 0.3) is 21.9 Å². The van der Waals surface area contributed by atoms with E-state index in [1.54, 1.807) is 23.6 Å². The molecule has 0 aliphatic carbocycles. The van der Waals surface area contributed by atoms with Gasteiger partial charge in [0.25, 0.3) is 5.56 Å². The van der Waals surface area contributed by atoms with Gasteiger partial charge in [-0.2, -0.15) is 0 Å². The van der Waals surface area contributed by atoms with Gasteiger partial charge in [0, 0.05) is 35.0 Å². The van der Waals surface area contributed by atoms with Crippen molar-refractivity contribution >= 4 is 27.8 Å². The fourth-order valence-corrected chi connectivity index (χ4v) is 4.98. The predicted octanol–water partition coefficient (Wildman–Crippen LogP) is 3.76. The smallest absolute Gasteiger partial charge is 0.336 e. The summed E-state index contributed by atoms with van der Waals surface area (Å²) in [5.74, 6) is -1.56. The average Bonchev–Trinajstić information content (AvgIpc) is 2.80. The summed E-state index contributed by atoms with van der Waals surface area (Å²) >= 11 is 0. The molecule has 1 atom stereocenters. The number of nitrogens with zero attached hydrogens (tertiary/aromatic N) is 1. The molecule has 0 unspecified atom stereocenters. The lowest BCUT2D eigenvalue weighted by atomic mass is 9.85. The first-order valence-corrected chi connectivity index (χ1v) is 10.9. The number of rotatable bonds is 4. The Hall–Kier alpha value is -3.87. The summed E-state index contributed by atoms with van der Waals surface area (Å²) in [6, 6.07) is 12.2. The highest BCUT2D eigenvalue weighted by atomic mass is 16.5. The van der Waals surface area contributed by atoms with Crippen molar-refractivity contribution in [3.63, 3.8) is 0 Å². The van der Waals surface area contributed by atoms with Crippen molar-refractivity contribution in [3.05, 3.63) is 85.5 Å². The molecule has 2 aromatic carbocycles. The van der Waals surface area contributed by atoms with Crippen LogP contribution in [-0.2, 0) is 22.5 Å². The minimum atomic E-state index is -0.864. The van der Waals surface area contributed by atoms with Gasteiger partial charge in [0.05, 0.1) is 19.0 Å². The largest absolute Gasteiger partial charge is 0.508 e. The van der Waals surface area contributed by atoms with Crippen LogP contribution in [0.1, 0.15) is 41.0 Å². The number of ether oxygens (including phenoxy) is 1. The van der Waals surface area contributed by atoms with Crippen LogP contribution in [0.4, 0.5) is 0 Å². The van der Waals surface area contributed by atoms with E-state index in [4.69, 9.17) is 9.15 Å². The van der Waals surface area contributed by atoms with E-state index in [2.05, 4.69) is 0 Å². The third kappa shape index (κ3) is 3.40. The molecule has 0 radical (unpaired) electrons. The molecule has 0 fully saturated rings. The van der Waals surface area contributed by atoms with Crippen LogP contribution in [0.5, 0.6) is 5.75 Å². The number of fused-ring (bicyclic) bond motifs is 1. The zero-order valence-electron chi connectivity index (χ0n) is 18.4. The Labute approximate surface area is 188 Å². The Kier molecular flexibility index (Phi) is 5.04. The minimum Gasteiger partial charge on any atom is -0.508 e. The number of aryl methyl sites for hydroxylation is 3. The number of carbonyl (C=O) groups excluding carboxylic acids is 1. The molecule has 0 saturated carbocycles. The average molecular weight is 445 g/mol. The van der Waals surface area contributed by atoms with Crippen LogP contribution >= 0.6 is 0 Å². The molecule has 5 rings (SSSR count). The Morgan fingerprint density at radius 2 is 2.03 bits per heavy atom. The molecule has 0 amide bonds. The normalized spacial score (nSPS) is 13.9. The van der Waals surface area contributed by atoms with E-state index in [1.165, 1.54) is 19.2 Å². The van der Waals surface area contributed by atoms with Gasteiger partial charge in [-0.05, 0) is 54.5 Å². The predicted molar refractivity (Wildman–Crippen MR) is 124 cm³/mol. The van der Waals surface area contributed by atoms with E-state index in [1.807, 2.05) is 18.2 Å². The van der Waals surface area contributed by atoms with Crippen LogP contribution in [0.3, 0.4) is 0 Å². The Balaban J connectivity index is 1.86. The van der Waals surface area contributed by atoms with Crippen molar-refractivity contribution in [1.82, 2.24) is 4.57 Å². The van der Waals surface area contributed by atoms with Crippen molar-refractivity contribution in [2.75, 3.05) is 7.11 Å². The molecule has 0 spiro atoms. The SMILES string of the molecule is COC(=O)C[C@@H](c1cc2cccc3c2n(c1=O)CCC3)c1c(O)ccc2c(C)cc(=O)oc12. The van der Waals surface area contributed by atoms with Crippen LogP contribution in [0, 0.1) is 6.92 Å². The van der Waals surface area contributed by atoms with Gasteiger partial charge in [-0.3, -0.25) is 9.59 Å². The second kappa shape index (κ2) is 7.92. The van der Waals surface area contributed by atoms with Gasteiger partial charge in [0.15, 0.2) is 0 Å². The summed E-state index contributed by atoms with van der Waals surface area (Å²) < 4.78 is 12.2. The number of methoxy groups -OCH3 is 1. The number of phenolic OH excluding ortho intramolecular Hbond substituents is 1. The van der Waals surface area contributed by atoms with Gasteiger partial charge >= 0.3 is 11.6 Å². The fraction of sp³-hybridized carbons (Fsp3) is 0.269. The Morgan fingerprint density at radius 3 is 2.82 bits per heavy atom. The highest BCUT2D eigenvalue weighted by molar-refractivity contribution is 5.88. The highest BCUT2D eigenvalue weighted by Crippen LogP contribution is 2.39. The first-order chi connectivity index (χ1) is 15.9. The minimum absolute atomic E-state index is 0.156. The van der Waals surface area contributed by atoms with E-state index in [0.29, 0.717) is 23.1 Å². The quantitative estimate of drug-likeness (QED) is 0.379. The van der Waals surface area contributed by atoms with Gasteiger partial charge < -0.3 is 18.8 Å². The maximum absolute atomic E-state index is 13.7. The number of hydrogen-bond donors (Lipinski definition) is 1. The molecule has 1 aliphatic heterocycles. The van der Waals surface area contributed by atoms with Gasteiger partial charge in [0.1, 0.15) is 11.3 Å². The summed E-state index contributed by atoms with van der Waals surface area (Å²) in [5, 5.41) is 12.4. The zero-order chi connectivity index (χ0) is 23.3. The van der Waals surface area contributed by atoms with Crippen LogP contribution < -0.4 is 11.2 Å². The number of para-hydroxylation sites is 1. The van der Waals surface area contributed by atoms with Crippen molar-refractivity contribution in [1.29, 1.82) is 0 Å². The molecular formula is C26H23NO6. The number of benzene rings is 2. The van der Waals surface area contributed by atoms with Crippen molar-refractivity contribution < 1.29 is 19.1 Å². The monoisotopic (exact) mass is 445 g/mol. The van der Waals surface area contributed by atoms with Gasteiger partial charge in [-0.15, -0.1) is 0 Å². The molecular weight excluding hydrogens is 422 g/mol. The van der Waals surface area contributed by atoms with Crippen LogP contribution in [-0.4, -0.2) is 22.8 Å². The number of phenols is 1. The molecule has 7 heteroatoms. The first kappa shape index (κ1) is 21.0. The maximum atomic E-state index is 13.7. The highest BCUT2D eigenvalue weighted by Gasteiger charge is 2.30. The molecule has 2 aromatic heterocycles. The van der Waals surface area contributed by atoms with E-state index in [0.717, 1.165) is 29.3 Å². The van der Waals surface area contributed by atoms with Crippen molar-refractivity contribution in [2.45, 2.75) is 38.6 Å². The number of aromatic hydroxyl groups is 1. The second-order valence-corrected chi connectivity index (χ2v) is 8.47.